The molecule has 0 bridgehead atoms. The fourth-order valence-electron chi connectivity index (χ4n) is 3.48. The highest BCUT2D eigenvalue weighted by molar-refractivity contribution is 5.30. The van der Waals surface area contributed by atoms with E-state index in [1.165, 1.54) is 17.0 Å². The lowest BCUT2D eigenvalue weighted by Crippen LogP contribution is -2.25. The van der Waals surface area contributed by atoms with Gasteiger partial charge in [-0.05, 0) is 30.5 Å². The van der Waals surface area contributed by atoms with E-state index in [0.29, 0.717) is 5.92 Å². The van der Waals surface area contributed by atoms with Gasteiger partial charge in [0.2, 0.25) is 0 Å². The van der Waals surface area contributed by atoms with Crippen LogP contribution in [0.3, 0.4) is 0 Å². The summed E-state index contributed by atoms with van der Waals surface area (Å²) in [6.07, 6.45) is 6.56. The quantitative estimate of drug-likeness (QED) is 0.869. The molecule has 2 aliphatic rings. The second-order valence-electron chi connectivity index (χ2n) is 6.10. The summed E-state index contributed by atoms with van der Waals surface area (Å²) in [6.45, 7) is 4.58. The molecule has 0 spiro atoms. The summed E-state index contributed by atoms with van der Waals surface area (Å²) in [4.78, 5) is 11.6. The summed E-state index contributed by atoms with van der Waals surface area (Å²) in [5, 5.41) is 0. The van der Waals surface area contributed by atoms with Gasteiger partial charge in [-0.25, -0.2) is 9.97 Å². The zero-order valence-corrected chi connectivity index (χ0v) is 12.7. The van der Waals surface area contributed by atoms with Gasteiger partial charge in [0.25, 0.3) is 0 Å². The Kier molecular flexibility index (Phi) is 3.91. The molecule has 0 N–H and O–H groups in total. The van der Waals surface area contributed by atoms with Gasteiger partial charge in [-0.3, -0.25) is 4.90 Å². The number of hydrogen-bond donors (Lipinski definition) is 0. The van der Waals surface area contributed by atoms with E-state index in [4.69, 9.17) is 9.15 Å². The van der Waals surface area contributed by atoms with Gasteiger partial charge in [0.1, 0.15) is 12.1 Å². The molecular formula is C17H21N3O2. The van der Waals surface area contributed by atoms with Gasteiger partial charge in [-0.15, -0.1) is 0 Å². The molecule has 2 aromatic heterocycles. The van der Waals surface area contributed by atoms with E-state index in [9.17, 15) is 0 Å². The zero-order chi connectivity index (χ0) is 14.8. The van der Waals surface area contributed by atoms with E-state index in [-0.39, 0.29) is 0 Å². The summed E-state index contributed by atoms with van der Waals surface area (Å²) in [5.41, 5.74) is 3.81. The Bertz CT molecular complexity index is 621. The maximum Gasteiger partial charge on any atom is 0.117 e. The first kappa shape index (κ1) is 13.9. The van der Waals surface area contributed by atoms with Crippen LogP contribution in [0.5, 0.6) is 0 Å². The van der Waals surface area contributed by atoms with E-state index in [0.717, 1.165) is 57.9 Å². The van der Waals surface area contributed by atoms with E-state index in [1.54, 1.807) is 12.6 Å². The van der Waals surface area contributed by atoms with Crippen molar-refractivity contribution in [2.24, 2.45) is 0 Å². The van der Waals surface area contributed by atoms with Crippen LogP contribution in [0, 0.1) is 0 Å². The number of hydrogen-bond acceptors (Lipinski definition) is 5. The first-order valence-corrected chi connectivity index (χ1v) is 8.05. The van der Waals surface area contributed by atoms with Crippen LogP contribution in [0.4, 0.5) is 0 Å². The minimum absolute atomic E-state index is 0.452. The third kappa shape index (κ3) is 2.78. The molecule has 5 heteroatoms. The molecule has 2 aliphatic heterocycles. The third-order valence-corrected chi connectivity index (χ3v) is 4.69. The molecule has 2 aromatic rings. The molecule has 5 nitrogen and oxygen atoms in total. The molecule has 116 valence electrons. The molecule has 0 amide bonds. The van der Waals surface area contributed by atoms with Crippen molar-refractivity contribution in [1.82, 2.24) is 14.9 Å². The maximum absolute atomic E-state index is 5.54. The third-order valence-electron chi connectivity index (χ3n) is 4.69. The second kappa shape index (κ2) is 6.18. The Balaban J connectivity index is 1.52. The van der Waals surface area contributed by atoms with Crippen molar-refractivity contribution in [3.05, 3.63) is 47.4 Å². The average molecular weight is 299 g/mol. The zero-order valence-electron chi connectivity index (χ0n) is 12.7. The Morgan fingerprint density at radius 3 is 3.00 bits per heavy atom. The lowest BCUT2D eigenvalue weighted by atomic mass is 9.96. The van der Waals surface area contributed by atoms with E-state index in [2.05, 4.69) is 14.9 Å². The second-order valence-corrected chi connectivity index (χ2v) is 6.10. The van der Waals surface area contributed by atoms with Gasteiger partial charge in [0.05, 0.1) is 25.1 Å². The SMILES string of the molecule is c1coc(CN2CCc3ncnc([C@H]4CCOC4)c3CC2)c1. The smallest absolute Gasteiger partial charge is 0.117 e. The van der Waals surface area contributed by atoms with Crippen LogP contribution in [0.15, 0.2) is 29.1 Å². The molecule has 1 saturated heterocycles. The molecule has 0 aromatic carbocycles. The Hall–Kier alpha value is -1.72. The highest BCUT2D eigenvalue weighted by atomic mass is 16.5. The van der Waals surface area contributed by atoms with Crippen molar-refractivity contribution in [3.8, 4) is 0 Å². The average Bonchev–Trinajstić information content (AvgIpc) is 3.20. The van der Waals surface area contributed by atoms with Gasteiger partial charge in [-0.2, -0.15) is 0 Å². The number of nitrogens with zero attached hydrogens (tertiary/aromatic N) is 3. The van der Waals surface area contributed by atoms with Gasteiger partial charge in [0.15, 0.2) is 0 Å². The number of aromatic nitrogens is 2. The Morgan fingerprint density at radius 1 is 1.23 bits per heavy atom. The van der Waals surface area contributed by atoms with Crippen LogP contribution in [-0.2, 0) is 24.1 Å². The molecular weight excluding hydrogens is 278 g/mol. The van der Waals surface area contributed by atoms with Crippen molar-refractivity contribution in [1.29, 1.82) is 0 Å². The van der Waals surface area contributed by atoms with Gasteiger partial charge in [-0.1, -0.05) is 0 Å². The number of rotatable bonds is 3. The molecule has 22 heavy (non-hydrogen) atoms. The topological polar surface area (TPSA) is 51.4 Å². The van der Waals surface area contributed by atoms with Crippen molar-refractivity contribution >= 4 is 0 Å². The van der Waals surface area contributed by atoms with Crippen molar-refractivity contribution in [2.45, 2.75) is 31.7 Å². The first-order chi connectivity index (χ1) is 10.9. The minimum Gasteiger partial charge on any atom is -0.468 e. The largest absolute Gasteiger partial charge is 0.468 e. The number of furan rings is 1. The van der Waals surface area contributed by atoms with Crippen LogP contribution in [0.25, 0.3) is 0 Å². The van der Waals surface area contributed by atoms with Crippen molar-refractivity contribution in [2.75, 3.05) is 26.3 Å². The summed E-state index contributed by atoms with van der Waals surface area (Å²) >= 11 is 0. The molecule has 4 rings (SSSR count). The van der Waals surface area contributed by atoms with Crippen LogP contribution >= 0.6 is 0 Å². The van der Waals surface area contributed by atoms with E-state index >= 15 is 0 Å². The van der Waals surface area contributed by atoms with Gasteiger partial charge in [0, 0.05) is 37.7 Å². The number of ether oxygens (including phenoxy) is 1. The monoisotopic (exact) mass is 299 g/mol. The van der Waals surface area contributed by atoms with Gasteiger partial charge >= 0.3 is 0 Å². The Morgan fingerprint density at radius 2 is 2.18 bits per heavy atom. The van der Waals surface area contributed by atoms with Crippen LogP contribution in [0.2, 0.25) is 0 Å². The summed E-state index contributed by atoms with van der Waals surface area (Å²) in [5.74, 6) is 1.48. The first-order valence-electron chi connectivity index (χ1n) is 8.05. The van der Waals surface area contributed by atoms with Crippen molar-refractivity contribution < 1.29 is 9.15 Å². The molecule has 0 radical (unpaired) electrons. The van der Waals surface area contributed by atoms with Crippen LogP contribution in [-0.4, -0.2) is 41.2 Å². The summed E-state index contributed by atoms with van der Waals surface area (Å²) in [6, 6.07) is 3.99. The van der Waals surface area contributed by atoms with Crippen molar-refractivity contribution in [3.63, 3.8) is 0 Å². The highest BCUT2D eigenvalue weighted by Crippen LogP contribution is 2.29. The Labute approximate surface area is 130 Å². The van der Waals surface area contributed by atoms with E-state index < -0.39 is 0 Å². The molecule has 1 atom stereocenters. The molecule has 0 saturated carbocycles. The predicted molar refractivity (Wildman–Crippen MR) is 81.6 cm³/mol. The lowest BCUT2D eigenvalue weighted by molar-refractivity contribution is 0.193. The normalized spacial score (nSPS) is 22.5. The molecule has 0 unspecified atom stereocenters. The fourth-order valence-corrected chi connectivity index (χ4v) is 3.48. The highest BCUT2D eigenvalue weighted by Gasteiger charge is 2.26. The van der Waals surface area contributed by atoms with E-state index in [1.807, 2.05) is 12.1 Å². The minimum atomic E-state index is 0.452. The predicted octanol–water partition coefficient (Wildman–Crippen LogP) is 2.17. The summed E-state index contributed by atoms with van der Waals surface area (Å²) < 4.78 is 11.0. The fraction of sp³-hybridized carbons (Fsp3) is 0.529. The lowest BCUT2D eigenvalue weighted by Gasteiger charge is -2.18. The molecule has 4 heterocycles. The molecule has 1 fully saturated rings. The van der Waals surface area contributed by atoms with Crippen LogP contribution in [0.1, 0.15) is 35.1 Å². The standard InChI is InChI=1S/C17H21N3O2/c1-2-14(22-8-1)10-20-6-3-15-16(4-7-20)18-12-19-17(15)13-5-9-21-11-13/h1-2,8,12-13H,3-7,9-11H2/t13-/m0/s1. The molecule has 0 aliphatic carbocycles. The summed E-state index contributed by atoms with van der Waals surface area (Å²) in [7, 11) is 0. The van der Waals surface area contributed by atoms with Crippen LogP contribution < -0.4 is 0 Å². The maximum atomic E-state index is 5.54. The number of fused-ring (bicyclic) bond motifs is 1. The van der Waals surface area contributed by atoms with Gasteiger partial charge < -0.3 is 9.15 Å².